The molecular formula is C24H31N3O2. The van der Waals surface area contributed by atoms with Crippen LogP contribution in [0.4, 0.5) is 11.4 Å². The number of piperazine rings is 1. The van der Waals surface area contributed by atoms with Crippen molar-refractivity contribution in [3.63, 3.8) is 0 Å². The van der Waals surface area contributed by atoms with E-state index in [-0.39, 0.29) is 17.2 Å². The van der Waals surface area contributed by atoms with Crippen LogP contribution in [0, 0.1) is 0 Å². The van der Waals surface area contributed by atoms with Crippen LogP contribution < -0.4 is 10.2 Å². The van der Waals surface area contributed by atoms with Crippen molar-refractivity contribution in [3.8, 4) is 0 Å². The molecule has 1 heterocycles. The van der Waals surface area contributed by atoms with Crippen molar-refractivity contribution >= 4 is 23.2 Å². The summed E-state index contributed by atoms with van der Waals surface area (Å²) < 4.78 is 0. The zero-order valence-corrected chi connectivity index (χ0v) is 17.9. The highest BCUT2D eigenvalue weighted by Crippen LogP contribution is 2.23. The molecule has 0 aromatic heterocycles. The van der Waals surface area contributed by atoms with E-state index in [0.717, 1.165) is 37.6 Å². The summed E-state index contributed by atoms with van der Waals surface area (Å²) in [6.45, 7) is 11.6. The van der Waals surface area contributed by atoms with E-state index >= 15 is 0 Å². The van der Waals surface area contributed by atoms with Crippen molar-refractivity contribution in [1.82, 2.24) is 4.90 Å². The van der Waals surface area contributed by atoms with E-state index in [1.54, 1.807) is 0 Å². The number of nitrogens with zero attached hydrogens (tertiary/aromatic N) is 2. The van der Waals surface area contributed by atoms with Gasteiger partial charge in [-0.05, 0) is 47.4 Å². The molecule has 0 unspecified atom stereocenters. The number of rotatable bonds is 4. The molecule has 2 aromatic rings. The second-order valence-electron chi connectivity index (χ2n) is 8.55. The molecule has 1 fully saturated rings. The Kier molecular flexibility index (Phi) is 6.26. The number of hydrogen-bond donors (Lipinski definition) is 1. The molecule has 0 spiro atoms. The number of carbonyl (C=O) groups is 2. The summed E-state index contributed by atoms with van der Waals surface area (Å²) in [6.07, 6.45) is 0.563. The molecule has 2 amide bonds. The first-order valence-electron chi connectivity index (χ1n) is 10.3. The molecule has 1 N–H and O–H groups in total. The predicted octanol–water partition coefficient (Wildman–Crippen LogP) is 4.30. The fourth-order valence-electron chi connectivity index (χ4n) is 3.52. The van der Waals surface area contributed by atoms with Gasteiger partial charge in [0.15, 0.2) is 0 Å². The van der Waals surface area contributed by atoms with E-state index in [1.807, 2.05) is 60.4 Å². The molecule has 154 valence electrons. The molecule has 2 aromatic carbocycles. The van der Waals surface area contributed by atoms with E-state index in [1.165, 1.54) is 5.56 Å². The minimum absolute atomic E-state index is 0.0696. The molecule has 0 atom stereocenters. The number of carbonyl (C=O) groups excluding carboxylic acids is 2. The lowest BCUT2D eigenvalue weighted by molar-refractivity contribution is -0.131. The van der Waals surface area contributed by atoms with Crippen molar-refractivity contribution in [2.24, 2.45) is 0 Å². The molecule has 0 aliphatic carbocycles. The maximum absolute atomic E-state index is 12.5. The van der Waals surface area contributed by atoms with Crippen molar-refractivity contribution in [1.29, 1.82) is 0 Å². The van der Waals surface area contributed by atoms with Gasteiger partial charge in [0.2, 0.25) is 5.91 Å². The third-order valence-corrected chi connectivity index (χ3v) is 5.44. The van der Waals surface area contributed by atoms with Crippen molar-refractivity contribution < 1.29 is 9.59 Å². The van der Waals surface area contributed by atoms with Gasteiger partial charge in [0.05, 0.1) is 0 Å². The molecule has 1 saturated heterocycles. The van der Waals surface area contributed by atoms with Gasteiger partial charge in [0, 0.05) is 49.5 Å². The molecule has 0 radical (unpaired) electrons. The molecule has 3 rings (SSSR count). The van der Waals surface area contributed by atoms with E-state index in [0.29, 0.717) is 12.0 Å². The number of nitrogens with one attached hydrogen (secondary N) is 1. The third kappa shape index (κ3) is 5.17. The highest BCUT2D eigenvalue weighted by molar-refractivity contribution is 6.04. The van der Waals surface area contributed by atoms with Gasteiger partial charge < -0.3 is 15.1 Å². The lowest BCUT2D eigenvalue weighted by Crippen LogP contribution is -2.48. The minimum atomic E-state index is -0.107. The molecule has 1 aliphatic rings. The Hall–Kier alpha value is -2.82. The molecule has 5 nitrogen and oxygen atoms in total. The first-order valence-corrected chi connectivity index (χ1v) is 10.3. The first kappa shape index (κ1) is 20.9. The monoisotopic (exact) mass is 393 g/mol. The van der Waals surface area contributed by atoms with Crippen LogP contribution in [0.5, 0.6) is 0 Å². The van der Waals surface area contributed by atoms with Crippen LogP contribution in [-0.2, 0) is 10.2 Å². The van der Waals surface area contributed by atoms with E-state index in [4.69, 9.17) is 0 Å². The summed E-state index contributed by atoms with van der Waals surface area (Å²) in [4.78, 5) is 28.5. The second kappa shape index (κ2) is 8.68. The van der Waals surface area contributed by atoms with E-state index in [9.17, 15) is 9.59 Å². The highest BCUT2D eigenvalue weighted by Gasteiger charge is 2.20. The van der Waals surface area contributed by atoms with Gasteiger partial charge in [0.25, 0.3) is 5.91 Å². The van der Waals surface area contributed by atoms with Crippen LogP contribution in [0.1, 0.15) is 50.0 Å². The SMILES string of the molecule is CCC(=O)N1CCN(c2ccc(NC(=O)c3ccc(C(C)(C)C)cc3)cc2)CC1. The maximum Gasteiger partial charge on any atom is 0.255 e. The molecule has 1 aliphatic heterocycles. The van der Waals surface area contributed by atoms with Crippen molar-refractivity contribution in [3.05, 3.63) is 59.7 Å². The standard InChI is InChI=1S/C24H31N3O2/c1-5-22(28)27-16-14-26(15-17-27)21-12-10-20(11-13-21)25-23(29)18-6-8-19(9-7-18)24(2,3)4/h6-13H,5,14-17H2,1-4H3,(H,25,29). The number of hydrogen-bond acceptors (Lipinski definition) is 3. The molecular weight excluding hydrogens is 362 g/mol. The lowest BCUT2D eigenvalue weighted by Gasteiger charge is -2.36. The summed E-state index contributed by atoms with van der Waals surface area (Å²) in [6, 6.07) is 15.7. The summed E-state index contributed by atoms with van der Waals surface area (Å²) in [5, 5.41) is 2.97. The normalized spacial score (nSPS) is 14.6. The highest BCUT2D eigenvalue weighted by atomic mass is 16.2. The average molecular weight is 394 g/mol. The summed E-state index contributed by atoms with van der Waals surface area (Å²) >= 11 is 0. The van der Waals surface area contributed by atoms with Crippen molar-refractivity contribution in [2.75, 3.05) is 36.4 Å². The van der Waals surface area contributed by atoms with Crippen molar-refractivity contribution in [2.45, 2.75) is 39.5 Å². The Bertz CT molecular complexity index is 843. The van der Waals surface area contributed by atoms with Gasteiger partial charge in [-0.15, -0.1) is 0 Å². The lowest BCUT2D eigenvalue weighted by atomic mass is 9.87. The fourth-order valence-corrected chi connectivity index (χ4v) is 3.52. The smallest absolute Gasteiger partial charge is 0.255 e. The van der Waals surface area contributed by atoms with Gasteiger partial charge in [-0.2, -0.15) is 0 Å². The quantitative estimate of drug-likeness (QED) is 0.843. The Morgan fingerprint density at radius 3 is 2.00 bits per heavy atom. The summed E-state index contributed by atoms with van der Waals surface area (Å²) in [5.74, 6) is 0.114. The second-order valence-corrected chi connectivity index (χ2v) is 8.55. The first-order chi connectivity index (χ1) is 13.8. The largest absolute Gasteiger partial charge is 0.368 e. The Morgan fingerprint density at radius 1 is 0.897 bits per heavy atom. The molecule has 0 bridgehead atoms. The fraction of sp³-hybridized carbons (Fsp3) is 0.417. The zero-order chi connectivity index (χ0) is 21.0. The van der Waals surface area contributed by atoms with Crippen LogP contribution in [0.25, 0.3) is 0 Å². The number of benzene rings is 2. The Morgan fingerprint density at radius 2 is 1.48 bits per heavy atom. The Balaban J connectivity index is 1.58. The minimum Gasteiger partial charge on any atom is -0.368 e. The predicted molar refractivity (Wildman–Crippen MR) is 119 cm³/mol. The van der Waals surface area contributed by atoms with E-state index < -0.39 is 0 Å². The number of anilines is 2. The van der Waals surface area contributed by atoms with Crippen LogP contribution in [-0.4, -0.2) is 42.9 Å². The maximum atomic E-state index is 12.5. The topological polar surface area (TPSA) is 52.7 Å². The number of amides is 2. The van der Waals surface area contributed by atoms with Crippen LogP contribution in [0.2, 0.25) is 0 Å². The molecule has 5 heteroatoms. The third-order valence-electron chi connectivity index (χ3n) is 5.44. The summed E-state index contributed by atoms with van der Waals surface area (Å²) in [7, 11) is 0. The summed E-state index contributed by atoms with van der Waals surface area (Å²) in [5.41, 5.74) is 3.82. The Labute approximate surface area is 173 Å². The average Bonchev–Trinajstić information content (AvgIpc) is 2.73. The molecule has 29 heavy (non-hydrogen) atoms. The van der Waals surface area contributed by atoms with E-state index in [2.05, 4.69) is 31.0 Å². The van der Waals surface area contributed by atoms with Gasteiger partial charge in [-0.1, -0.05) is 39.8 Å². The van der Waals surface area contributed by atoms with Gasteiger partial charge in [-0.3, -0.25) is 9.59 Å². The van der Waals surface area contributed by atoms with Gasteiger partial charge in [-0.25, -0.2) is 0 Å². The van der Waals surface area contributed by atoms with Gasteiger partial charge in [0.1, 0.15) is 0 Å². The van der Waals surface area contributed by atoms with Crippen LogP contribution in [0.15, 0.2) is 48.5 Å². The molecule has 0 saturated carbocycles. The van der Waals surface area contributed by atoms with Gasteiger partial charge >= 0.3 is 0 Å². The van der Waals surface area contributed by atoms with Crippen LogP contribution >= 0.6 is 0 Å². The van der Waals surface area contributed by atoms with Crippen LogP contribution in [0.3, 0.4) is 0 Å². The zero-order valence-electron chi connectivity index (χ0n) is 17.9.